The molecule has 3 heteroatoms. The maximum Gasteiger partial charge on any atom is 0.0620 e. The van der Waals surface area contributed by atoms with E-state index in [1.54, 1.807) is 0 Å². The molecule has 0 spiro atoms. The van der Waals surface area contributed by atoms with Gasteiger partial charge in [-0.05, 0) is 42.5 Å². The molecular formula is C21H26N2O. The number of ether oxygens (including phenoxy) is 1. The zero-order valence-corrected chi connectivity index (χ0v) is 14.2. The maximum absolute atomic E-state index is 5.47. The molecule has 2 aliphatic heterocycles. The van der Waals surface area contributed by atoms with Crippen LogP contribution in [0.1, 0.15) is 19.3 Å². The van der Waals surface area contributed by atoms with Crippen LogP contribution in [0.25, 0.3) is 11.1 Å². The van der Waals surface area contributed by atoms with Gasteiger partial charge in [0.2, 0.25) is 0 Å². The van der Waals surface area contributed by atoms with E-state index in [9.17, 15) is 0 Å². The molecule has 2 aliphatic rings. The van der Waals surface area contributed by atoms with Crippen molar-refractivity contribution in [3.63, 3.8) is 0 Å². The Hall–Kier alpha value is -1.84. The number of anilines is 1. The summed E-state index contributed by atoms with van der Waals surface area (Å²) in [6, 6.07) is 20.8. The van der Waals surface area contributed by atoms with Crippen molar-refractivity contribution in [2.75, 3.05) is 31.2 Å². The van der Waals surface area contributed by atoms with Gasteiger partial charge in [-0.3, -0.25) is 0 Å². The minimum atomic E-state index is 0.572. The van der Waals surface area contributed by atoms with Crippen LogP contribution in [0.2, 0.25) is 0 Å². The molecule has 0 unspecified atom stereocenters. The van der Waals surface area contributed by atoms with Crippen molar-refractivity contribution in [3.8, 4) is 11.1 Å². The molecule has 2 saturated heterocycles. The van der Waals surface area contributed by atoms with Crippen molar-refractivity contribution < 1.29 is 4.74 Å². The van der Waals surface area contributed by atoms with Gasteiger partial charge >= 0.3 is 0 Å². The number of hydrogen-bond acceptors (Lipinski definition) is 3. The first-order chi connectivity index (χ1) is 11.9. The van der Waals surface area contributed by atoms with Crippen molar-refractivity contribution in [3.05, 3.63) is 54.6 Å². The van der Waals surface area contributed by atoms with Gasteiger partial charge in [0.05, 0.1) is 6.61 Å². The highest BCUT2D eigenvalue weighted by atomic mass is 16.5. The van der Waals surface area contributed by atoms with Crippen LogP contribution in [-0.4, -0.2) is 38.4 Å². The number of nitrogens with one attached hydrogen (secondary N) is 1. The second kappa shape index (κ2) is 7.37. The van der Waals surface area contributed by atoms with Crippen molar-refractivity contribution in [1.82, 2.24) is 5.32 Å². The van der Waals surface area contributed by atoms with E-state index in [0.717, 1.165) is 26.3 Å². The van der Waals surface area contributed by atoms with Crippen LogP contribution < -0.4 is 10.2 Å². The number of piperidine rings is 1. The second-order valence-corrected chi connectivity index (χ2v) is 6.90. The molecule has 24 heavy (non-hydrogen) atoms. The van der Waals surface area contributed by atoms with Crippen LogP contribution in [0.5, 0.6) is 0 Å². The smallest absolute Gasteiger partial charge is 0.0620 e. The molecule has 2 heterocycles. The van der Waals surface area contributed by atoms with Gasteiger partial charge in [0.15, 0.2) is 0 Å². The summed E-state index contributed by atoms with van der Waals surface area (Å²) in [5, 5.41) is 3.78. The Morgan fingerprint density at radius 1 is 0.833 bits per heavy atom. The highest BCUT2D eigenvalue weighted by molar-refractivity contribution is 5.68. The first kappa shape index (κ1) is 15.7. The average Bonchev–Trinajstić information content (AvgIpc) is 3.16. The van der Waals surface area contributed by atoms with Crippen LogP contribution >= 0.6 is 0 Å². The fourth-order valence-electron chi connectivity index (χ4n) is 3.82. The summed E-state index contributed by atoms with van der Waals surface area (Å²) in [7, 11) is 0. The molecule has 0 aliphatic carbocycles. The number of nitrogens with zero attached hydrogens (tertiary/aromatic N) is 1. The molecule has 0 aromatic heterocycles. The van der Waals surface area contributed by atoms with Gasteiger partial charge in [-0.2, -0.15) is 0 Å². The highest BCUT2D eigenvalue weighted by Gasteiger charge is 2.24. The topological polar surface area (TPSA) is 24.5 Å². The number of benzene rings is 2. The number of hydrogen-bond donors (Lipinski definition) is 1. The summed E-state index contributed by atoms with van der Waals surface area (Å²) in [6.45, 7) is 4.06. The van der Waals surface area contributed by atoms with E-state index in [1.807, 2.05) is 0 Å². The van der Waals surface area contributed by atoms with Gasteiger partial charge in [0.1, 0.15) is 0 Å². The maximum atomic E-state index is 5.47. The summed E-state index contributed by atoms with van der Waals surface area (Å²) < 4.78 is 5.47. The van der Waals surface area contributed by atoms with Crippen LogP contribution in [0.3, 0.4) is 0 Å². The fraction of sp³-hybridized carbons (Fsp3) is 0.429. The largest absolute Gasteiger partial charge is 0.380 e. The standard InChI is InChI=1S/C21H26N2O/c1-2-5-17(6-3-1)18-7-4-8-21(15-18)23-12-9-19(10-13-23)22-20-11-14-24-16-20/h1-8,15,19-20,22H,9-14,16H2/t20-/m1/s1. The average molecular weight is 322 g/mol. The lowest BCUT2D eigenvalue weighted by Gasteiger charge is -2.35. The van der Waals surface area contributed by atoms with Gasteiger partial charge in [0, 0.05) is 37.5 Å². The van der Waals surface area contributed by atoms with Gasteiger partial charge in [-0.25, -0.2) is 0 Å². The Morgan fingerprint density at radius 3 is 2.38 bits per heavy atom. The van der Waals surface area contributed by atoms with Crippen molar-refractivity contribution >= 4 is 5.69 Å². The van der Waals surface area contributed by atoms with Crippen LogP contribution in [0.4, 0.5) is 5.69 Å². The van der Waals surface area contributed by atoms with Crippen molar-refractivity contribution in [1.29, 1.82) is 0 Å². The van der Waals surface area contributed by atoms with Crippen molar-refractivity contribution in [2.45, 2.75) is 31.3 Å². The first-order valence-corrected chi connectivity index (χ1v) is 9.13. The highest BCUT2D eigenvalue weighted by Crippen LogP contribution is 2.26. The summed E-state index contributed by atoms with van der Waals surface area (Å²) in [4.78, 5) is 2.52. The van der Waals surface area contributed by atoms with Crippen LogP contribution in [-0.2, 0) is 4.74 Å². The van der Waals surface area contributed by atoms with E-state index in [-0.39, 0.29) is 0 Å². The normalized spacial score (nSPS) is 22.0. The quantitative estimate of drug-likeness (QED) is 0.929. The first-order valence-electron chi connectivity index (χ1n) is 9.13. The minimum absolute atomic E-state index is 0.572. The molecule has 3 nitrogen and oxygen atoms in total. The van der Waals surface area contributed by atoms with Gasteiger partial charge in [-0.1, -0.05) is 42.5 Å². The molecular weight excluding hydrogens is 296 g/mol. The lowest BCUT2D eigenvalue weighted by atomic mass is 10.0. The van der Waals surface area contributed by atoms with E-state index in [1.165, 1.54) is 36.1 Å². The SMILES string of the molecule is c1ccc(-c2cccc(N3CCC(N[C@@H]4CCOC4)CC3)c2)cc1. The van der Waals surface area contributed by atoms with E-state index >= 15 is 0 Å². The van der Waals surface area contributed by atoms with E-state index < -0.39 is 0 Å². The molecule has 0 bridgehead atoms. The van der Waals surface area contributed by atoms with Crippen LogP contribution in [0.15, 0.2) is 54.6 Å². The fourth-order valence-corrected chi connectivity index (χ4v) is 3.82. The Labute approximate surface area is 144 Å². The van der Waals surface area contributed by atoms with Gasteiger partial charge in [-0.15, -0.1) is 0 Å². The third-order valence-corrected chi connectivity index (χ3v) is 5.21. The Bertz CT molecular complexity index is 644. The molecule has 1 atom stereocenters. The summed E-state index contributed by atoms with van der Waals surface area (Å²) in [6.07, 6.45) is 3.59. The molecule has 1 N–H and O–H groups in total. The van der Waals surface area contributed by atoms with Gasteiger partial charge in [0.25, 0.3) is 0 Å². The Kier molecular flexibility index (Phi) is 4.81. The lowest BCUT2D eigenvalue weighted by molar-refractivity contribution is 0.186. The third kappa shape index (κ3) is 3.63. The van der Waals surface area contributed by atoms with Crippen LogP contribution in [0, 0.1) is 0 Å². The molecule has 126 valence electrons. The second-order valence-electron chi connectivity index (χ2n) is 6.90. The monoisotopic (exact) mass is 322 g/mol. The Balaban J connectivity index is 1.38. The Morgan fingerprint density at radius 2 is 1.62 bits per heavy atom. The van der Waals surface area contributed by atoms with E-state index in [0.29, 0.717) is 12.1 Å². The summed E-state index contributed by atoms with van der Waals surface area (Å²) in [5.41, 5.74) is 3.94. The lowest BCUT2D eigenvalue weighted by Crippen LogP contribution is -2.46. The molecule has 2 aromatic rings. The predicted molar refractivity (Wildman–Crippen MR) is 99.5 cm³/mol. The molecule has 0 radical (unpaired) electrons. The molecule has 2 fully saturated rings. The number of rotatable bonds is 4. The third-order valence-electron chi connectivity index (χ3n) is 5.21. The summed E-state index contributed by atoms with van der Waals surface area (Å²) >= 11 is 0. The molecule has 0 saturated carbocycles. The molecule has 4 rings (SSSR count). The zero-order chi connectivity index (χ0) is 16.2. The molecule has 2 aromatic carbocycles. The van der Waals surface area contributed by atoms with Gasteiger partial charge < -0.3 is 15.0 Å². The molecule has 0 amide bonds. The predicted octanol–water partition coefficient (Wildman–Crippen LogP) is 3.70. The zero-order valence-electron chi connectivity index (χ0n) is 14.2. The van der Waals surface area contributed by atoms with E-state index in [4.69, 9.17) is 4.74 Å². The van der Waals surface area contributed by atoms with E-state index in [2.05, 4.69) is 64.8 Å². The van der Waals surface area contributed by atoms with Crippen molar-refractivity contribution in [2.24, 2.45) is 0 Å². The minimum Gasteiger partial charge on any atom is -0.380 e. The summed E-state index contributed by atoms with van der Waals surface area (Å²) in [5.74, 6) is 0.